The maximum Gasteiger partial charge on any atom is 0.133 e. The summed E-state index contributed by atoms with van der Waals surface area (Å²) >= 11 is 13.6. The monoisotopic (exact) mass is 341 g/mol. The molecule has 0 saturated carbocycles. The quantitative estimate of drug-likeness (QED) is 0.786. The van der Waals surface area contributed by atoms with E-state index in [2.05, 4.69) is 33.0 Å². The van der Waals surface area contributed by atoms with E-state index in [0.717, 1.165) is 17.4 Å². The molecule has 0 amide bonds. The Hall–Kier alpha value is -1.21. The molecule has 5 nitrogen and oxygen atoms in total. The molecule has 2 heterocycles. The summed E-state index contributed by atoms with van der Waals surface area (Å²) in [6, 6.07) is 4.03. The molecule has 8 heteroatoms. The predicted molar refractivity (Wildman–Crippen MR) is 86.5 cm³/mol. The van der Waals surface area contributed by atoms with Gasteiger partial charge in [0.05, 0.1) is 27.5 Å². The van der Waals surface area contributed by atoms with E-state index in [-0.39, 0.29) is 0 Å². The molecule has 0 spiro atoms. The van der Waals surface area contributed by atoms with Crippen LogP contribution in [0.15, 0.2) is 18.3 Å². The van der Waals surface area contributed by atoms with Crippen LogP contribution >= 0.6 is 34.9 Å². The van der Waals surface area contributed by atoms with Gasteiger partial charge in [0.2, 0.25) is 0 Å². The molecule has 3 aromatic rings. The first-order valence-electron chi connectivity index (χ1n) is 6.45. The number of benzene rings is 1. The molecule has 3 rings (SSSR count). The SMILES string of the molecule is CC(C)NCc1ccn(-c2c(Cl)cc(Cl)c3nsnc23)n1. The molecule has 1 aromatic carbocycles. The number of hydrogen-bond acceptors (Lipinski definition) is 5. The summed E-state index contributed by atoms with van der Waals surface area (Å²) in [6.45, 7) is 4.89. The fourth-order valence-electron chi connectivity index (χ4n) is 1.97. The maximum atomic E-state index is 6.31. The lowest BCUT2D eigenvalue weighted by Crippen LogP contribution is -2.22. The van der Waals surface area contributed by atoms with Gasteiger partial charge in [-0.1, -0.05) is 37.0 Å². The van der Waals surface area contributed by atoms with Gasteiger partial charge in [-0.05, 0) is 12.1 Å². The van der Waals surface area contributed by atoms with Crippen LogP contribution in [0.2, 0.25) is 10.0 Å². The zero-order chi connectivity index (χ0) is 15.0. The van der Waals surface area contributed by atoms with Crippen molar-refractivity contribution in [2.75, 3.05) is 0 Å². The fourth-order valence-corrected chi connectivity index (χ4v) is 3.16. The van der Waals surface area contributed by atoms with Crippen molar-refractivity contribution in [2.24, 2.45) is 0 Å². The van der Waals surface area contributed by atoms with Gasteiger partial charge in [0.15, 0.2) is 0 Å². The third-order valence-electron chi connectivity index (χ3n) is 2.98. The number of hydrogen-bond donors (Lipinski definition) is 1. The lowest BCUT2D eigenvalue weighted by atomic mass is 10.2. The van der Waals surface area contributed by atoms with E-state index in [1.54, 1.807) is 10.7 Å². The predicted octanol–water partition coefficient (Wildman–Crippen LogP) is 3.68. The van der Waals surface area contributed by atoms with Crippen molar-refractivity contribution in [2.45, 2.75) is 26.4 Å². The minimum absolute atomic E-state index is 0.406. The largest absolute Gasteiger partial charge is 0.309 e. The standard InChI is InChI=1S/C13H13Cl2N5S/c1-7(2)16-6-8-3-4-20(17-8)13-10(15)5-9(14)11-12(13)19-21-18-11/h3-5,7,16H,6H2,1-2H3. The number of nitrogens with zero attached hydrogens (tertiary/aromatic N) is 4. The second-order valence-electron chi connectivity index (χ2n) is 4.94. The summed E-state index contributed by atoms with van der Waals surface area (Å²) in [6.07, 6.45) is 1.87. The second-order valence-corrected chi connectivity index (χ2v) is 6.28. The molecule has 0 radical (unpaired) electrons. The Morgan fingerprint density at radius 3 is 2.76 bits per heavy atom. The van der Waals surface area contributed by atoms with E-state index in [1.807, 2.05) is 12.3 Å². The molecule has 0 aliphatic heterocycles. The topological polar surface area (TPSA) is 55.6 Å². The first kappa shape index (κ1) is 14.7. The molecule has 0 bridgehead atoms. The van der Waals surface area contributed by atoms with Gasteiger partial charge in [-0.3, -0.25) is 0 Å². The molecule has 0 fully saturated rings. The van der Waals surface area contributed by atoms with Crippen molar-refractivity contribution < 1.29 is 0 Å². The van der Waals surface area contributed by atoms with Crippen LogP contribution in [0.25, 0.3) is 16.7 Å². The summed E-state index contributed by atoms with van der Waals surface area (Å²) in [7, 11) is 0. The van der Waals surface area contributed by atoms with Crippen LogP contribution in [0.3, 0.4) is 0 Å². The molecule has 2 aromatic heterocycles. The fraction of sp³-hybridized carbons (Fsp3) is 0.308. The van der Waals surface area contributed by atoms with Crippen molar-refractivity contribution in [1.29, 1.82) is 0 Å². The summed E-state index contributed by atoms with van der Waals surface area (Å²) in [5.74, 6) is 0. The van der Waals surface area contributed by atoms with Crippen LogP contribution in [-0.2, 0) is 6.54 Å². The minimum Gasteiger partial charge on any atom is -0.309 e. The van der Waals surface area contributed by atoms with Gasteiger partial charge in [-0.25, -0.2) is 4.68 Å². The van der Waals surface area contributed by atoms with Crippen LogP contribution in [0, 0.1) is 0 Å². The lowest BCUT2D eigenvalue weighted by Gasteiger charge is -2.07. The first-order chi connectivity index (χ1) is 10.1. The van der Waals surface area contributed by atoms with Gasteiger partial charge in [0.25, 0.3) is 0 Å². The smallest absolute Gasteiger partial charge is 0.133 e. The average molecular weight is 342 g/mol. The van der Waals surface area contributed by atoms with Gasteiger partial charge in [0, 0.05) is 18.8 Å². The van der Waals surface area contributed by atoms with E-state index in [4.69, 9.17) is 23.2 Å². The van der Waals surface area contributed by atoms with Gasteiger partial charge >= 0.3 is 0 Å². The van der Waals surface area contributed by atoms with Gasteiger partial charge in [-0.15, -0.1) is 0 Å². The Kier molecular flexibility index (Phi) is 4.12. The number of rotatable bonds is 4. The van der Waals surface area contributed by atoms with Gasteiger partial charge in [-0.2, -0.15) is 13.8 Å². The molecule has 0 aliphatic rings. The van der Waals surface area contributed by atoms with E-state index in [0.29, 0.717) is 39.4 Å². The van der Waals surface area contributed by atoms with E-state index >= 15 is 0 Å². The highest BCUT2D eigenvalue weighted by Crippen LogP contribution is 2.33. The van der Waals surface area contributed by atoms with E-state index in [9.17, 15) is 0 Å². The highest BCUT2D eigenvalue weighted by molar-refractivity contribution is 7.00. The van der Waals surface area contributed by atoms with Crippen molar-refractivity contribution in [1.82, 2.24) is 23.8 Å². The Bertz CT molecular complexity index is 780. The second kappa shape index (κ2) is 5.88. The average Bonchev–Trinajstić information content (AvgIpc) is 3.05. The number of aromatic nitrogens is 4. The van der Waals surface area contributed by atoms with E-state index in [1.165, 1.54) is 0 Å². The number of nitrogens with one attached hydrogen (secondary N) is 1. The summed E-state index contributed by atoms with van der Waals surface area (Å²) in [4.78, 5) is 0. The van der Waals surface area contributed by atoms with Crippen molar-refractivity contribution >= 4 is 46.0 Å². The molecule has 0 atom stereocenters. The zero-order valence-electron chi connectivity index (χ0n) is 11.5. The lowest BCUT2D eigenvalue weighted by molar-refractivity contribution is 0.578. The molecule has 21 heavy (non-hydrogen) atoms. The normalized spacial score (nSPS) is 11.7. The molecule has 1 N–H and O–H groups in total. The van der Waals surface area contributed by atoms with E-state index < -0.39 is 0 Å². The van der Waals surface area contributed by atoms with Crippen molar-refractivity contribution in [3.63, 3.8) is 0 Å². The first-order valence-corrected chi connectivity index (χ1v) is 7.93. The van der Waals surface area contributed by atoms with Crippen LogP contribution in [0.5, 0.6) is 0 Å². The molecule has 0 aliphatic carbocycles. The highest BCUT2D eigenvalue weighted by atomic mass is 35.5. The summed E-state index contributed by atoms with van der Waals surface area (Å²) in [5, 5.41) is 8.87. The minimum atomic E-state index is 0.406. The molecular formula is C13H13Cl2N5S. The Balaban J connectivity index is 2.03. The molecular weight excluding hydrogens is 329 g/mol. The summed E-state index contributed by atoms with van der Waals surface area (Å²) in [5.41, 5.74) is 2.97. The van der Waals surface area contributed by atoms with Gasteiger partial charge in [0.1, 0.15) is 16.7 Å². The Morgan fingerprint density at radius 1 is 1.24 bits per heavy atom. The Morgan fingerprint density at radius 2 is 2.00 bits per heavy atom. The summed E-state index contributed by atoms with van der Waals surface area (Å²) < 4.78 is 10.2. The molecule has 110 valence electrons. The van der Waals surface area contributed by atoms with Crippen LogP contribution in [-0.4, -0.2) is 24.6 Å². The third kappa shape index (κ3) is 2.89. The highest BCUT2D eigenvalue weighted by Gasteiger charge is 2.16. The van der Waals surface area contributed by atoms with Crippen LogP contribution in [0.4, 0.5) is 0 Å². The van der Waals surface area contributed by atoms with Gasteiger partial charge < -0.3 is 5.32 Å². The van der Waals surface area contributed by atoms with Crippen molar-refractivity contribution in [3.05, 3.63) is 34.1 Å². The zero-order valence-corrected chi connectivity index (χ0v) is 13.8. The number of halogens is 2. The Labute approximate surface area is 136 Å². The number of fused-ring (bicyclic) bond motifs is 1. The van der Waals surface area contributed by atoms with Crippen molar-refractivity contribution in [3.8, 4) is 5.69 Å². The third-order valence-corrected chi connectivity index (χ3v) is 4.09. The van der Waals surface area contributed by atoms with Crippen LogP contribution < -0.4 is 5.32 Å². The molecule has 0 saturated heterocycles. The molecule has 0 unspecified atom stereocenters. The van der Waals surface area contributed by atoms with Crippen LogP contribution in [0.1, 0.15) is 19.5 Å². The maximum absolute atomic E-state index is 6.31.